The summed E-state index contributed by atoms with van der Waals surface area (Å²) in [6.07, 6.45) is 67.4. The number of rotatable bonds is 61. The first-order valence-electron chi connectivity index (χ1n) is 34.4. The lowest BCUT2D eigenvalue weighted by atomic mass is 9.99. The van der Waals surface area contributed by atoms with Gasteiger partial charge < -0.3 is 40.3 Å². The second kappa shape index (κ2) is 58.1. The van der Waals surface area contributed by atoms with Crippen molar-refractivity contribution in [3.8, 4) is 0 Å². The zero-order valence-electron chi connectivity index (χ0n) is 51.3. The van der Waals surface area contributed by atoms with Gasteiger partial charge in [0.05, 0.1) is 25.4 Å². The molecule has 7 atom stereocenters. The van der Waals surface area contributed by atoms with Gasteiger partial charge in [-0.15, -0.1) is 0 Å². The van der Waals surface area contributed by atoms with E-state index in [0.29, 0.717) is 6.42 Å². The number of nitrogens with one attached hydrogen (secondary N) is 1. The average molecular weight is 1090 g/mol. The molecule has 7 unspecified atom stereocenters. The molecular weight excluding hydrogens is 959 g/mol. The standard InChI is InChI=1S/C68H133NO8/c1-3-5-7-9-11-13-15-17-19-21-23-25-27-29-30-31-32-33-34-36-38-40-42-44-46-48-50-52-54-56-58-64(72)69-61(60-76-68-67(75)66(74)65(73)63(59-70)77-68)62(71)57-55-53-51-49-47-45-43-41-39-37-35-28-26-24-22-20-18-16-14-12-10-8-6-4-2/h55,57,61-63,65-68,70-71,73-75H,3-54,56,58-60H2,1-2H3,(H,69,72)/b57-55+. The quantitative estimate of drug-likeness (QED) is 0.0261. The molecule has 0 aromatic carbocycles. The Kier molecular flexibility index (Phi) is 55.8. The van der Waals surface area contributed by atoms with E-state index in [1.807, 2.05) is 6.08 Å². The van der Waals surface area contributed by atoms with E-state index in [-0.39, 0.29) is 12.5 Å². The molecule has 0 bridgehead atoms. The van der Waals surface area contributed by atoms with E-state index in [2.05, 4.69) is 19.2 Å². The van der Waals surface area contributed by atoms with Crippen LogP contribution >= 0.6 is 0 Å². The van der Waals surface area contributed by atoms with Crippen LogP contribution in [0, 0.1) is 0 Å². The fourth-order valence-corrected chi connectivity index (χ4v) is 11.5. The summed E-state index contributed by atoms with van der Waals surface area (Å²) >= 11 is 0. The number of hydrogen-bond acceptors (Lipinski definition) is 8. The zero-order valence-corrected chi connectivity index (χ0v) is 51.3. The molecule has 77 heavy (non-hydrogen) atoms. The molecule has 1 saturated heterocycles. The Balaban J connectivity index is 2.12. The van der Waals surface area contributed by atoms with Crippen LogP contribution in [0.15, 0.2) is 12.2 Å². The van der Waals surface area contributed by atoms with Crippen molar-refractivity contribution >= 4 is 5.91 Å². The van der Waals surface area contributed by atoms with E-state index < -0.39 is 49.5 Å². The van der Waals surface area contributed by atoms with Crippen LogP contribution in [0.4, 0.5) is 0 Å². The van der Waals surface area contributed by atoms with Crippen molar-refractivity contribution in [3.05, 3.63) is 12.2 Å². The van der Waals surface area contributed by atoms with Crippen LogP contribution in [0.2, 0.25) is 0 Å². The Morgan fingerprint density at radius 1 is 0.429 bits per heavy atom. The Bertz CT molecular complexity index is 1220. The molecule has 1 rings (SSSR count). The maximum atomic E-state index is 13.1. The maximum absolute atomic E-state index is 13.1. The molecule has 0 aromatic heterocycles. The molecule has 1 aliphatic rings. The topological polar surface area (TPSA) is 149 Å². The van der Waals surface area contributed by atoms with Crippen molar-refractivity contribution in [2.24, 2.45) is 0 Å². The lowest BCUT2D eigenvalue weighted by Crippen LogP contribution is -2.60. The third-order valence-electron chi connectivity index (χ3n) is 16.9. The van der Waals surface area contributed by atoms with Gasteiger partial charge in [-0.1, -0.05) is 347 Å². The minimum atomic E-state index is -1.56. The summed E-state index contributed by atoms with van der Waals surface area (Å²) in [4.78, 5) is 13.1. The number of carbonyl (C=O) groups excluding carboxylic acids is 1. The van der Waals surface area contributed by atoms with E-state index >= 15 is 0 Å². The number of allylic oxidation sites excluding steroid dienone is 1. The number of carbonyl (C=O) groups is 1. The fourth-order valence-electron chi connectivity index (χ4n) is 11.5. The lowest BCUT2D eigenvalue weighted by molar-refractivity contribution is -0.302. The molecule has 0 saturated carbocycles. The summed E-state index contributed by atoms with van der Waals surface area (Å²) in [7, 11) is 0. The van der Waals surface area contributed by atoms with Crippen LogP contribution in [0.3, 0.4) is 0 Å². The predicted octanol–water partition coefficient (Wildman–Crippen LogP) is 18.3. The maximum Gasteiger partial charge on any atom is 0.220 e. The van der Waals surface area contributed by atoms with Gasteiger partial charge in [-0.2, -0.15) is 0 Å². The zero-order chi connectivity index (χ0) is 55.8. The van der Waals surface area contributed by atoms with Crippen LogP contribution in [0.5, 0.6) is 0 Å². The van der Waals surface area contributed by atoms with E-state index in [9.17, 15) is 30.3 Å². The summed E-state index contributed by atoms with van der Waals surface area (Å²) in [5.74, 6) is -0.167. The molecule has 1 heterocycles. The molecule has 0 aliphatic carbocycles. The summed E-state index contributed by atoms with van der Waals surface area (Å²) in [6.45, 7) is 3.84. The van der Waals surface area contributed by atoms with Crippen molar-refractivity contribution < 1.29 is 39.8 Å². The average Bonchev–Trinajstić information content (AvgIpc) is 3.43. The van der Waals surface area contributed by atoms with Crippen molar-refractivity contribution in [2.75, 3.05) is 13.2 Å². The highest BCUT2D eigenvalue weighted by Gasteiger charge is 2.44. The molecule has 6 N–H and O–H groups in total. The molecule has 0 spiro atoms. The third kappa shape index (κ3) is 47.2. The van der Waals surface area contributed by atoms with Crippen molar-refractivity contribution in [3.63, 3.8) is 0 Å². The summed E-state index contributed by atoms with van der Waals surface area (Å²) in [5, 5.41) is 54.7. The van der Waals surface area contributed by atoms with E-state index in [1.54, 1.807) is 6.08 Å². The van der Waals surface area contributed by atoms with Gasteiger partial charge in [-0.3, -0.25) is 4.79 Å². The van der Waals surface area contributed by atoms with Crippen molar-refractivity contribution in [2.45, 2.75) is 403 Å². The van der Waals surface area contributed by atoms with Gasteiger partial charge in [0.25, 0.3) is 0 Å². The lowest BCUT2D eigenvalue weighted by Gasteiger charge is -2.40. The number of ether oxygens (including phenoxy) is 2. The second-order valence-corrected chi connectivity index (χ2v) is 24.3. The fraction of sp³-hybridized carbons (Fsp3) is 0.956. The van der Waals surface area contributed by atoms with E-state index in [0.717, 1.165) is 38.5 Å². The number of unbranched alkanes of at least 4 members (excludes halogenated alkanes) is 51. The van der Waals surface area contributed by atoms with Gasteiger partial charge in [0.2, 0.25) is 5.91 Å². The molecule has 1 fully saturated rings. The van der Waals surface area contributed by atoms with Gasteiger partial charge >= 0.3 is 0 Å². The van der Waals surface area contributed by atoms with E-state index in [4.69, 9.17) is 9.47 Å². The first kappa shape index (κ1) is 73.9. The van der Waals surface area contributed by atoms with Crippen LogP contribution in [0.25, 0.3) is 0 Å². The highest BCUT2D eigenvalue weighted by atomic mass is 16.7. The number of aliphatic hydroxyl groups is 5. The van der Waals surface area contributed by atoms with Crippen LogP contribution < -0.4 is 5.32 Å². The summed E-state index contributed by atoms with van der Waals surface area (Å²) in [5.41, 5.74) is 0. The third-order valence-corrected chi connectivity index (χ3v) is 16.9. The van der Waals surface area contributed by atoms with Gasteiger partial charge in [0.15, 0.2) is 6.29 Å². The SMILES string of the molecule is CCCCCCCCCCCCCCCCCCCCCCCC/C=C/C(O)C(COC1OC(CO)C(O)C(O)C1O)NC(=O)CCCCCCCCCCCCCCCCCCCCCCCCCCCCCCCC. The minimum absolute atomic E-state index is 0.167. The molecule has 0 radical (unpaired) electrons. The Morgan fingerprint density at radius 3 is 1.01 bits per heavy atom. The predicted molar refractivity (Wildman–Crippen MR) is 327 cm³/mol. The molecule has 458 valence electrons. The smallest absolute Gasteiger partial charge is 0.220 e. The van der Waals surface area contributed by atoms with Crippen molar-refractivity contribution in [1.82, 2.24) is 5.32 Å². The number of amides is 1. The Hall–Kier alpha value is -1.07. The van der Waals surface area contributed by atoms with Gasteiger partial charge in [0, 0.05) is 6.42 Å². The van der Waals surface area contributed by atoms with Crippen molar-refractivity contribution in [1.29, 1.82) is 0 Å². The second-order valence-electron chi connectivity index (χ2n) is 24.3. The Morgan fingerprint density at radius 2 is 0.714 bits per heavy atom. The first-order chi connectivity index (χ1) is 37.8. The van der Waals surface area contributed by atoms with Gasteiger partial charge in [-0.25, -0.2) is 0 Å². The summed E-state index contributed by atoms with van der Waals surface area (Å²) in [6, 6.07) is -0.802. The van der Waals surface area contributed by atoms with Gasteiger partial charge in [0.1, 0.15) is 24.4 Å². The number of hydrogen-bond donors (Lipinski definition) is 6. The number of aliphatic hydroxyl groups excluding tert-OH is 5. The molecule has 9 nitrogen and oxygen atoms in total. The molecule has 1 aliphatic heterocycles. The molecule has 1 amide bonds. The highest BCUT2D eigenvalue weighted by molar-refractivity contribution is 5.76. The minimum Gasteiger partial charge on any atom is -0.394 e. The van der Waals surface area contributed by atoms with Crippen LogP contribution in [0.1, 0.15) is 361 Å². The molecular formula is C68H133NO8. The van der Waals surface area contributed by atoms with Crippen LogP contribution in [-0.2, 0) is 14.3 Å². The molecule has 9 heteroatoms. The molecule has 0 aromatic rings. The monoisotopic (exact) mass is 1090 g/mol. The van der Waals surface area contributed by atoms with E-state index in [1.165, 1.54) is 302 Å². The first-order valence-corrected chi connectivity index (χ1v) is 34.4. The largest absolute Gasteiger partial charge is 0.394 e. The van der Waals surface area contributed by atoms with Crippen LogP contribution in [-0.4, -0.2) is 87.5 Å². The summed E-state index contributed by atoms with van der Waals surface area (Å²) < 4.78 is 11.3. The highest BCUT2D eigenvalue weighted by Crippen LogP contribution is 2.24. The Labute approximate surface area is 477 Å². The normalized spacial score (nSPS) is 18.7. The van der Waals surface area contributed by atoms with Gasteiger partial charge in [-0.05, 0) is 19.3 Å².